The lowest BCUT2D eigenvalue weighted by Crippen LogP contribution is -2.16. The highest BCUT2D eigenvalue weighted by Crippen LogP contribution is 2.22. The number of rotatable bonds is 4. The quantitative estimate of drug-likeness (QED) is 0.489. The van der Waals surface area contributed by atoms with Crippen LogP contribution in [0.25, 0.3) is 10.9 Å². The molecule has 0 atom stereocenters. The van der Waals surface area contributed by atoms with Gasteiger partial charge in [0.2, 0.25) is 0 Å². The Balaban J connectivity index is 1.54. The first-order valence-corrected chi connectivity index (χ1v) is 9.65. The van der Waals surface area contributed by atoms with E-state index in [4.69, 9.17) is 0 Å². The smallest absolute Gasteiger partial charge is 0.255 e. The molecule has 0 fully saturated rings. The summed E-state index contributed by atoms with van der Waals surface area (Å²) in [4.78, 5) is 29.8. The summed E-state index contributed by atoms with van der Waals surface area (Å²) in [5, 5.41) is 6.72. The van der Waals surface area contributed by atoms with Crippen molar-refractivity contribution in [1.29, 1.82) is 0 Å². The zero-order valence-corrected chi connectivity index (χ0v) is 16.8. The van der Waals surface area contributed by atoms with Crippen molar-refractivity contribution < 1.29 is 9.59 Å². The molecule has 0 saturated heterocycles. The third-order valence-corrected chi connectivity index (χ3v) is 5.03. The molecule has 4 aromatic rings. The summed E-state index contributed by atoms with van der Waals surface area (Å²) < 4.78 is 0. The fourth-order valence-corrected chi connectivity index (χ4v) is 3.22. The molecular weight excluding hydrogens is 374 g/mol. The maximum Gasteiger partial charge on any atom is 0.255 e. The summed E-state index contributed by atoms with van der Waals surface area (Å²) in [5.41, 5.74) is 5.15. The number of carbonyl (C=O) groups is 2. The number of fused-ring (bicyclic) bond motifs is 1. The minimum atomic E-state index is -0.297. The molecule has 0 aliphatic carbocycles. The molecule has 0 radical (unpaired) electrons. The molecule has 1 aromatic heterocycles. The van der Waals surface area contributed by atoms with Crippen LogP contribution in [-0.2, 0) is 0 Å². The number of anilines is 2. The zero-order chi connectivity index (χ0) is 21.1. The minimum Gasteiger partial charge on any atom is -0.322 e. The van der Waals surface area contributed by atoms with Gasteiger partial charge in [-0.3, -0.25) is 14.6 Å². The second-order valence-corrected chi connectivity index (χ2v) is 7.17. The lowest BCUT2D eigenvalue weighted by atomic mass is 10.1. The minimum absolute atomic E-state index is 0.264. The normalized spacial score (nSPS) is 10.6. The Morgan fingerprint density at radius 3 is 2.20 bits per heavy atom. The van der Waals surface area contributed by atoms with Gasteiger partial charge in [-0.25, -0.2) is 0 Å². The fraction of sp³-hybridized carbons (Fsp3) is 0.0800. The SMILES string of the molecule is Cc1ccc(NC(=O)c2cccc(C(=O)Nc3cccc4cccnc34)c2)cc1C. The number of hydrogen-bond donors (Lipinski definition) is 2. The third kappa shape index (κ3) is 4.05. The van der Waals surface area contributed by atoms with Crippen molar-refractivity contribution in [3.8, 4) is 0 Å². The van der Waals surface area contributed by atoms with Crippen LogP contribution in [0.1, 0.15) is 31.8 Å². The molecule has 0 unspecified atom stereocenters. The first-order chi connectivity index (χ1) is 14.5. The van der Waals surface area contributed by atoms with Gasteiger partial charge < -0.3 is 10.6 Å². The van der Waals surface area contributed by atoms with E-state index in [1.165, 1.54) is 0 Å². The van der Waals surface area contributed by atoms with Gasteiger partial charge in [0.05, 0.1) is 11.2 Å². The molecule has 5 heteroatoms. The highest BCUT2D eigenvalue weighted by Gasteiger charge is 2.13. The highest BCUT2D eigenvalue weighted by atomic mass is 16.2. The van der Waals surface area contributed by atoms with Crippen LogP contribution < -0.4 is 10.6 Å². The molecule has 0 saturated carbocycles. The largest absolute Gasteiger partial charge is 0.322 e. The number of nitrogens with zero attached hydrogens (tertiary/aromatic N) is 1. The van der Waals surface area contributed by atoms with E-state index < -0.39 is 0 Å². The van der Waals surface area contributed by atoms with Crippen LogP contribution in [0.5, 0.6) is 0 Å². The predicted molar refractivity (Wildman–Crippen MR) is 120 cm³/mol. The van der Waals surface area contributed by atoms with Gasteiger partial charge in [0.1, 0.15) is 0 Å². The first kappa shape index (κ1) is 19.3. The van der Waals surface area contributed by atoms with Gasteiger partial charge in [0.15, 0.2) is 0 Å². The lowest BCUT2D eigenvalue weighted by molar-refractivity contribution is 0.102. The van der Waals surface area contributed by atoms with E-state index in [1.807, 2.05) is 62.4 Å². The molecule has 2 amide bonds. The Morgan fingerprint density at radius 1 is 0.733 bits per heavy atom. The van der Waals surface area contributed by atoms with Crippen molar-refractivity contribution in [2.24, 2.45) is 0 Å². The molecule has 0 aliphatic heterocycles. The number of carbonyl (C=O) groups excluding carboxylic acids is 2. The van der Waals surface area contributed by atoms with E-state index in [9.17, 15) is 9.59 Å². The number of pyridine rings is 1. The second kappa shape index (κ2) is 8.17. The van der Waals surface area contributed by atoms with Gasteiger partial charge in [-0.05, 0) is 67.4 Å². The number of nitrogens with one attached hydrogen (secondary N) is 2. The van der Waals surface area contributed by atoms with Gasteiger partial charge in [-0.15, -0.1) is 0 Å². The van der Waals surface area contributed by atoms with Gasteiger partial charge in [0.25, 0.3) is 11.8 Å². The molecule has 30 heavy (non-hydrogen) atoms. The van der Waals surface area contributed by atoms with Crippen molar-refractivity contribution in [1.82, 2.24) is 4.98 Å². The van der Waals surface area contributed by atoms with E-state index in [1.54, 1.807) is 30.5 Å². The Labute approximate surface area is 174 Å². The molecule has 148 valence electrons. The van der Waals surface area contributed by atoms with Crippen LogP contribution >= 0.6 is 0 Å². The number of amides is 2. The Bertz CT molecular complexity index is 1260. The topological polar surface area (TPSA) is 71.1 Å². The molecule has 5 nitrogen and oxygen atoms in total. The van der Waals surface area contributed by atoms with E-state index in [0.29, 0.717) is 16.8 Å². The van der Waals surface area contributed by atoms with Crippen LogP contribution in [-0.4, -0.2) is 16.8 Å². The number of aryl methyl sites for hydroxylation is 2. The highest BCUT2D eigenvalue weighted by molar-refractivity contribution is 6.10. The third-order valence-electron chi connectivity index (χ3n) is 5.03. The Hall–Kier alpha value is -3.99. The summed E-state index contributed by atoms with van der Waals surface area (Å²) in [6, 6.07) is 21.8. The molecular formula is C25H21N3O2. The maximum absolute atomic E-state index is 12.8. The van der Waals surface area contributed by atoms with Crippen LogP contribution in [0.2, 0.25) is 0 Å². The van der Waals surface area contributed by atoms with E-state index in [-0.39, 0.29) is 11.8 Å². The van der Waals surface area contributed by atoms with E-state index >= 15 is 0 Å². The molecule has 0 bridgehead atoms. The Kier molecular flexibility index (Phi) is 5.26. The lowest BCUT2D eigenvalue weighted by Gasteiger charge is -2.10. The van der Waals surface area contributed by atoms with Crippen molar-refractivity contribution in [2.45, 2.75) is 13.8 Å². The van der Waals surface area contributed by atoms with Crippen molar-refractivity contribution in [3.63, 3.8) is 0 Å². The monoisotopic (exact) mass is 395 g/mol. The van der Waals surface area contributed by atoms with Gasteiger partial charge >= 0.3 is 0 Å². The first-order valence-electron chi connectivity index (χ1n) is 9.65. The van der Waals surface area contributed by atoms with Crippen molar-refractivity contribution >= 4 is 34.1 Å². The van der Waals surface area contributed by atoms with Gasteiger partial charge in [-0.1, -0.05) is 30.3 Å². The maximum atomic E-state index is 12.8. The summed E-state index contributed by atoms with van der Waals surface area (Å²) >= 11 is 0. The average Bonchev–Trinajstić information content (AvgIpc) is 2.76. The number of aromatic nitrogens is 1. The zero-order valence-electron chi connectivity index (χ0n) is 16.8. The Morgan fingerprint density at radius 2 is 1.43 bits per heavy atom. The molecule has 2 N–H and O–H groups in total. The van der Waals surface area contributed by atoms with Crippen molar-refractivity contribution in [2.75, 3.05) is 10.6 Å². The number of benzene rings is 3. The second-order valence-electron chi connectivity index (χ2n) is 7.17. The van der Waals surface area contributed by atoms with Gasteiger partial charge in [-0.2, -0.15) is 0 Å². The number of para-hydroxylation sites is 1. The molecule has 1 heterocycles. The molecule has 3 aromatic carbocycles. The van der Waals surface area contributed by atoms with E-state index in [0.717, 1.165) is 27.7 Å². The van der Waals surface area contributed by atoms with Crippen LogP contribution in [0.4, 0.5) is 11.4 Å². The predicted octanol–water partition coefficient (Wildman–Crippen LogP) is 5.36. The van der Waals surface area contributed by atoms with E-state index in [2.05, 4.69) is 15.6 Å². The standard InChI is InChI=1S/C25H21N3O2/c1-16-11-12-21(14-17(16)2)27-24(29)19-7-3-8-20(15-19)25(30)28-22-10-4-6-18-9-5-13-26-23(18)22/h3-15H,1-2H3,(H,27,29)(H,28,30). The molecule has 4 rings (SSSR count). The molecule has 0 aliphatic rings. The van der Waals surface area contributed by atoms with Crippen LogP contribution in [0.3, 0.4) is 0 Å². The fourth-order valence-electron chi connectivity index (χ4n) is 3.22. The summed E-state index contributed by atoms with van der Waals surface area (Å²) in [7, 11) is 0. The van der Waals surface area contributed by atoms with Crippen LogP contribution in [0.15, 0.2) is 79.0 Å². The summed E-state index contributed by atoms with van der Waals surface area (Å²) in [5.74, 6) is -0.561. The summed E-state index contributed by atoms with van der Waals surface area (Å²) in [6.07, 6.45) is 1.69. The van der Waals surface area contributed by atoms with Gasteiger partial charge in [0, 0.05) is 28.4 Å². The average molecular weight is 395 g/mol. The van der Waals surface area contributed by atoms with Crippen molar-refractivity contribution in [3.05, 3.63) is 101 Å². The number of hydrogen-bond acceptors (Lipinski definition) is 3. The summed E-state index contributed by atoms with van der Waals surface area (Å²) in [6.45, 7) is 4.02. The van der Waals surface area contributed by atoms with Crippen LogP contribution in [0, 0.1) is 13.8 Å². The molecule has 0 spiro atoms.